The minimum absolute atomic E-state index is 0.468. The number of methoxy groups -OCH3 is 1. The van der Waals surface area contributed by atoms with E-state index in [2.05, 4.69) is 47.4 Å². The molecule has 0 aliphatic heterocycles. The van der Waals surface area contributed by atoms with E-state index >= 15 is 0 Å². The number of nitrogens with zero attached hydrogens (tertiary/aromatic N) is 9. The molecule has 0 radical (unpaired) electrons. The highest BCUT2D eigenvalue weighted by Crippen LogP contribution is 2.32. The number of ether oxygens (including phenoxy) is 1. The van der Waals surface area contributed by atoms with Gasteiger partial charge in [0.25, 0.3) is 0 Å². The lowest BCUT2D eigenvalue weighted by atomic mass is 10.1. The van der Waals surface area contributed by atoms with Crippen LogP contribution in [0.1, 0.15) is 33.2 Å². The van der Waals surface area contributed by atoms with E-state index in [1.165, 1.54) is 22.7 Å². The zero-order valence-corrected chi connectivity index (χ0v) is 25.9. The van der Waals surface area contributed by atoms with E-state index in [9.17, 15) is 10.5 Å². The molecule has 0 saturated heterocycles. The minimum Gasteiger partial charge on any atom is -0.383 e. The monoisotopic (exact) mass is 620 g/mol. The molecular formula is C31H28N10OS2. The van der Waals surface area contributed by atoms with Gasteiger partial charge >= 0.3 is 0 Å². The minimum atomic E-state index is -0.502. The van der Waals surface area contributed by atoms with Crippen LogP contribution in [0.25, 0.3) is 20.4 Å². The summed E-state index contributed by atoms with van der Waals surface area (Å²) in [6.45, 7) is 1.17. The van der Waals surface area contributed by atoms with Gasteiger partial charge in [0, 0.05) is 40.1 Å². The maximum absolute atomic E-state index is 9.58. The highest BCUT2D eigenvalue weighted by molar-refractivity contribution is 7.19. The van der Waals surface area contributed by atoms with Crippen LogP contribution in [0.4, 0.5) is 11.9 Å². The van der Waals surface area contributed by atoms with Crippen LogP contribution in [0.15, 0.2) is 73.1 Å². The van der Waals surface area contributed by atoms with Gasteiger partial charge in [-0.25, -0.2) is 29.9 Å². The summed E-state index contributed by atoms with van der Waals surface area (Å²) < 4.78 is 7.13. The average Bonchev–Trinajstić information content (AvgIpc) is 3.67. The molecule has 0 fully saturated rings. The summed E-state index contributed by atoms with van der Waals surface area (Å²) in [6.07, 6.45) is 3.32. The summed E-state index contributed by atoms with van der Waals surface area (Å²) in [7, 11) is 5.38. The summed E-state index contributed by atoms with van der Waals surface area (Å²) in [5.41, 5.74) is 3.14. The van der Waals surface area contributed by atoms with Gasteiger partial charge in [-0.05, 0) is 36.4 Å². The van der Waals surface area contributed by atoms with Gasteiger partial charge in [-0.2, -0.15) is 10.5 Å². The van der Waals surface area contributed by atoms with Crippen molar-refractivity contribution in [3.8, 4) is 12.1 Å². The van der Waals surface area contributed by atoms with Crippen LogP contribution in [0, 0.1) is 22.7 Å². The van der Waals surface area contributed by atoms with E-state index in [4.69, 9.17) is 4.74 Å². The molecule has 6 rings (SSSR count). The molecule has 0 amide bonds. The number of fused-ring (bicyclic) bond motifs is 2. The second-order valence-electron chi connectivity index (χ2n) is 9.56. The number of para-hydroxylation sites is 2. The molecule has 0 aliphatic rings. The van der Waals surface area contributed by atoms with Gasteiger partial charge in [0.05, 0.1) is 50.6 Å². The van der Waals surface area contributed by atoms with Crippen molar-refractivity contribution in [2.24, 2.45) is 0 Å². The van der Waals surface area contributed by atoms with Gasteiger partial charge in [-0.1, -0.05) is 24.3 Å². The highest BCUT2D eigenvalue weighted by atomic mass is 32.1. The lowest BCUT2D eigenvalue weighted by Crippen LogP contribution is -2.14. The second-order valence-corrected chi connectivity index (χ2v) is 11.7. The van der Waals surface area contributed by atoms with Gasteiger partial charge in [-0.3, -0.25) is 0 Å². The van der Waals surface area contributed by atoms with Crippen LogP contribution >= 0.6 is 22.7 Å². The van der Waals surface area contributed by atoms with Crippen molar-refractivity contribution < 1.29 is 4.74 Å². The molecule has 2 atom stereocenters. The fourth-order valence-corrected chi connectivity index (χ4v) is 6.20. The third-order valence-corrected chi connectivity index (χ3v) is 8.50. The molecule has 11 nitrogen and oxygen atoms in total. The first-order valence-corrected chi connectivity index (χ1v) is 15.2. The smallest absolute Gasteiger partial charge is 0.225 e. The molecule has 0 aliphatic carbocycles. The van der Waals surface area contributed by atoms with Crippen molar-refractivity contribution in [3.63, 3.8) is 0 Å². The molecule has 44 heavy (non-hydrogen) atoms. The number of benzene rings is 2. The summed E-state index contributed by atoms with van der Waals surface area (Å²) in [6, 6.07) is 23.9. The van der Waals surface area contributed by atoms with Crippen molar-refractivity contribution in [1.29, 1.82) is 10.5 Å². The number of aromatic nitrogens is 6. The van der Waals surface area contributed by atoms with Gasteiger partial charge in [0.15, 0.2) is 0 Å². The Morgan fingerprint density at radius 3 is 1.84 bits per heavy atom. The van der Waals surface area contributed by atoms with Crippen LogP contribution < -0.4 is 10.2 Å². The van der Waals surface area contributed by atoms with Crippen molar-refractivity contribution in [2.75, 3.05) is 44.6 Å². The Kier molecular flexibility index (Phi) is 9.94. The SMILES string of the molecule is CN(C)c1nccc(C(C#N)c2nc3ccccc3s2)n1.COCCNc1nccc(C(C#N)c2nc3ccccc3s2)n1. The molecule has 2 aromatic carbocycles. The molecule has 220 valence electrons. The first kappa shape index (κ1) is 30.4. The van der Waals surface area contributed by atoms with Gasteiger partial charge in [0.2, 0.25) is 11.9 Å². The van der Waals surface area contributed by atoms with Gasteiger partial charge < -0.3 is 15.0 Å². The molecule has 0 saturated carbocycles. The number of hydrogen-bond acceptors (Lipinski definition) is 13. The number of thiazole rings is 2. The van der Waals surface area contributed by atoms with Crippen molar-refractivity contribution in [3.05, 3.63) is 94.5 Å². The number of nitriles is 2. The predicted octanol–water partition coefficient (Wildman–Crippen LogP) is 5.61. The third-order valence-electron chi connectivity index (χ3n) is 6.30. The quantitative estimate of drug-likeness (QED) is 0.201. The fourth-order valence-electron chi connectivity index (χ4n) is 4.14. The molecule has 0 spiro atoms. The van der Waals surface area contributed by atoms with Crippen LogP contribution in [-0.2, 0) is 4.74 Å². The summed E-state index contributed by atoms with van der Waals surface area (Å²) >= 11 is 3.05. The number of hydrogen-bond donors (Lipinski definition) is 1. The van der Waals surface area contributed by atoms with Crippen LogP contribution in [0.3, 0.4) is 0 Å². The Hall–Kier alpha value is -5.08. The molecule has 6 aromatic rings. The number of nitrogens with one attached hydrogen (secondary N) is 1. The molecule has 2 unspecified atom stereocenters. The van der Waals surface area contributed by atoms with Crippen molar-refractivity contribution >= 4 is 55.0 Å². The maximum atomic E-state index is 9.58. The van der Waals surface area contributed by atoms with E-state index in [1.54, 1.807) is 31.6 Å². The topological polar surface area (TPSA) is 149 Å². The van der Waals surface area contributed by atoms with Crippen molar-refractivity contribution in [2.45, 2.75) is 11.8 Å². The van der Waals surface area contributed by atoms with Crippen LogP contribution in [-0.4, -0.2) is 64.3 Å². The Labute approximate surface area is 262 Å². The molecular weight excluding hydrogens is 593 g/mol. The van der Waals surface area contributed by atoms with Crippen LogP contribution in [0.2, 0.25) is 0 Å². The van der Waals surface area contributed by atoms with Gasteiger partial charge in [-0.15, -0.1) is 22.7 Å². The number of rotatable bonds is 9. The molecule has 13 heteroatoms. The predicted molar refractivity (Wildman–Crippen MR) is 173 cm³/mol. The average molecular weight is 621 g/mol. The highest BCUT2D eigenvalue weighted by Gasteiger charge is 2.21. The fraction of sp³-hybridized carbons (Fsp3) is 0.226. The molecule has 4 aromatic heterocycles. The molecule has 4 heterocycles. The van der Waals surface area contributed by atoms with E-state index in [0.717, 1.165) is 30.4 Å². The molecule has 1 N–H and O–H groups in total. The Morgan fingerprint density at radius 1 is 0.773 bits per heavy atom. The zero-order chi connectivity index (χ0) is 30.9. The molecule has 0 bridgehead atoms. The maximum Gasteiger partial charge on any atom is 0.225 e. The Bertz CT molecular complexity index is 1880. The zero-order valence-electron chi connectivity index (χ0n) is 24.2. The van der Waals surface area contributed by atoms with Crippen LogP contribution in [0.5, 0.6) is 0 Å². The third kappa shape index (κ3) is 7.10. The van der Waals surface area contributed by atoms with E-state index in [-0.39, 0.29) is 0 Å². The Morgan fingerprint density at radius 2 is 1.32 bits per heavy atom. The van der Waals surface area contributed by atoms with E-state index in [1.807, 2.05) is 67.5 Å². The summed E-state index contributed by atoms with van der Waals surface area (Å²) in [5.74, 6) is 0.109. The van der Waals surface area contributed by atoms with Gasteiger partial charge in [0.1, 0.15) is 21.9 Å². The van der Waals surface area contributed by atoms with E-state index < -0.39 is 11.8 Å². The van der Waals surface area contributed by atoms with Crippen molar-refractivity contribution in [1.82, 2.24) is 29.9 Å². The normalized spacial score (nSPS) is 12.0. The lowest BCUT2D eigenvalue weighted by Gasteiger charge is -2.12. The summed E-state index contributed by atoms with van der Waals surface area (Å²) in [5, 5.41) is 23.7. The first-order chi connectivity index (χ1) is 21.5. The lowest BCUT2D eigenvalue weighted by molar-refractivity contribution is 0.210. The first-order valence-electron chi connectivity index (χ1n) is 13.6. The Balaban J connectivity index is 0.000000175. The number of anilines is 2. The summed E-state index contributed by atoms with van der Waals surface area (Å²) in [4.78, 5) is 28.2. The second kappa shape index (κ2) is 14.4. The largest absolute Gasteiger partial charge is 0.383 e. The standard InChI is InChI=1S/C16H15N5OS.C15H13N5S/c1-22-9-8-19-16-18-7-6-12(21-16)11(10-17)15-20-13-4-2-3-5-14(13)23-15;1-20(2)15-17-8-7-11(19-15)10(9-16)14-18-12-5-3-4-6-13(12)21-14/h2-7,11H,8-9H2,1H3,(H,18,19,21);3-8,10H,1-2H3. The van der Waals surface area contributed by atoms with E-state index in [0.29, 0.717) is 36.4 Å².